The average molecular weight is 461 g/mol. The molecule has 3 rings (SSSR count). The predicted molar refractivity (Wildman–Crippen MR) is 103 cm³/mol. The monoisotopic (exact) mass is 461 g/mol. The Hall–Kier alpha value is -2.67. The number of halogens is 3. The Balaban J connectivity index is 1.64. The summed E-state index contributed by atoms with van der Waals surface area (Å²) in [6.45, 7) is 3.94. The van der Waals surface area contributed by atoms with Gasteiger partial charge in [0.25, 0.3) is 15.9 Å². The number of rotatable bonds is 7. The Morgan fingerprint density at radius 1 is 1.29 bits per heavy atom. The molecule has 1 saturated carbocycles. The van der Waals surface area contributed by atoms with Gasteiger partial charge >= 0.3 is 6.18 Å². The van der Waals surface area contributed by atoms with E-state index >= 15 is 0 Å². The minimum Gasteiger partial charge on any atom is -0.348 e. The molecule has 31 heavy (non-hydrogen) atoms. The second-order valence-corrected chi connectivity index (χ2v) is 9.29. The van der Waals surface area contributed by atoms with Crippen LogP contribution in [0.2, 0.25) is 0 Å². The number of Topliss-reactive ketones (excluding diaryl/α,β-unsaturated/α-hetero) is 1. The second kappa shape index (κ2) is 8.11. The highest BCUT2D eigenvalue weighted by molar-refractivity contribution is 7.89. The molecule has 9 nitrogen and oxygen atoms in total. The molecule has 1 amide bonds. The van der Waals surface area contributed by atoms with Crippen LogP contribution in [-0.2, 0) is 21.0 Å². The minimum absolute atomic E-state index is 0.0970. The van der Waals surface area contributed by atoms with Crippen LogP contribution in [0.15, 0.2) is 17.3 Å². The number of amides is 1. The molecule has 0 atom stereocenters. The van der Waals surface area contributed by atoms with Crippen molar-refractivity contribution in [1.82, 2.24) is 24.8 Å². The lowest BCUT2D eigenvalue weighted by Crippen LogP contribution is -2.45. The van der Waals surface area contributed by atoms with Crippen LogP contribution in [0.1, 0.15) is 53.1 Å². The summed E-state index contributed by atoms with van der Waals surface area (Å²) in [4.78, 5) is 25.7. The highest BCUT2D eigenvalue weighted by Gasteiger charge is 2.39. The molecule has 0 aliphatic heterocycles. The standard InChI is InChI=1S/C18H22F3N5O4S/c1-9(27)7-22-17(28)14-6-16(23-10(14)2)31(29,30)25-12-4-13(5-12)26-8-15(11(3)24-26)18(19,20)21/h6,8,12-13,23,25H,4-5,7H2,1-3H3,(H,22,28). The van der Waals surface area contributed by atoms with Gasteiger partial charge in [0.15, 0.2) is 0 Å². The van der Waals surface area contributed by atoms with Crippen LogP contribution in [0, 0.1) is 13.8 Å². The number of aromatic nitrogens is 3. The van der Waals surface area contributed by atoms with E-state index in [9.17, 15) is 31.2 Å². The topological polar surface area (TPSA) is 126 Å². The van der Waals surface area contributed by atoms with Crippen LogP contribution < -0.4 is 10.0 Å². The van der Waals surface area contributed by atoms with Gasteiger partial charge in [-0.3, -0.25) is 14.3 Å². The van der Waals surface area contributed by atoms with E-state index in [-0.39, 0.29) is 47.5 Å². The molecule has 13 heteroatoms. The number of hydrogen-bond donors (Lipinski definition) is 3. The third kappa shape index (κ3) is 4.98. The van der Waals surface area contributed by atoms with E-state index in [1.807, 2.05) is 0 Å². The Morgan fingerprint density at radius 3 is 2.48 bits per heavy atom. The third-order valence-electron chi connectivity index (χ3n) is 5.05. The summed E-state index contributed by atoms with van der Waals surface area (Å²) in [6.07, 6.45) is -3.00. The zero-order valence-corrected chi connectivity index (χ0v) is 17.8. The molecule has 0 radical (unpaired) electrons. The molecular weight excluding hydrogens is 439 g/mol. The molecule has 2 heterocycles. The molecule has 0 aromatic carbocycles. The molecule has 1 fully saturated rings. The van der Waals surface area contributed by atoms with E-state index < -0.39 is 33.7 Å². The number of alkyl halides is 3. The first-order valence-corrected chi connectivity index (χ1v) is 10.9. The fourth-order valence-electron chi connectivity index (χ4n) is 3.34. The van der Waals surface area contributed by atoms with Crippen LogP contribution in [0.4, 0.5) is 13.2 Å². The fraction of sp³-hybridized carbons (Fsp3) is 0.500. The van der Waals surface area contributed by atoms with Crippen LogP contribution in [0.3, 0.4) is 0 Å². The first-order valence-electron chi connectivity index (χ1n) is 9.40. The number of nitrogens with zero attached hydrogens (tertiary/aromatic N) is 2. The van der Waals surface area contributed by atoms with E-state index in [4.69, 9.17) is 0 Å². The number of aryl methyl sites for hydroxylation is 2. The average Bonchev–Trinajstić information content (AvgIpc) is 3.18. The Labute approximate surface area is 176 Å². The smallest absolute Gasteiger partial charge is 0.348 e. The summed E-state index contributed by atoms with van der Waals surface area (Å²) in [6, 6.07) is 0.351. The van der Waals surface area contributed by atoms with E-state index in [0.29, 0.717) is 5.69 Å². The largest absolute Gasteiger partial charge is 0.419 e. The van der Waals surface area contributed by atoms with Gasteiger partial charge in [0, 0.05) is 17.9 Å². The number of ketones is 1. The van der Waals surface area contributed by atoms with Gasteiger partial charge in [-0.05, 0) is 39.7 Å². The molecule has 2 aromatic heterocycles. The molecule has 0 unspecified atom stereocenters. The van der Waals surface area contributed by atoms with Crippen molar-refractivity contribution in [2.24, 2.45) is 0 Å². The maximum atomic E-state index is 12.9. The molecule has 0 saturated heterocycles. The summed E-state index contributed by atoms with van der Waals surface area (Å²) in [7, 11) is -3.98. The van der Waals surface area contributed by atoms with Crippen molar-refractivity contribution in [3.63, 3.8) is 0 Å². The van der Waals surface area contributed by atoms with E-state index in [0.717, 1.165) is 6.20 Å². The summed E-state index contributed by atoms with van der Waals surface area (Å²) < 4.78 is 67.7. The molecule has 1 aliphatic carbocycles. The lowest BCUT2D eigenvalue weighted by Gasteiger charge is -2.35. The fourth-order valence-corrected chi connectivity index (χ4v) is 4.66. The van der Waals surface area contributed by atoms with Crippen molar-refractivity contribution in [2.45, 2.75) is 56.9 Å². The van der Waals surface area contributed by atoms with Gasteiger partial charge in [-0.1, -0.05) is 0 Å². The molecule has 1 aliphatic rings. The van der Waals surface area contributed by atoms with Gasteiger partial charge < -0.3 is 10.3 Å². The first kappa shape index (κ1) is 23.0. The zero-order valence-electron chi connectivity index (χ0n) is 17.0. The number of aromatic amines is 1. The Morgan fingerprint density at radius 2 is 1.94 bits per heavy atom. The van der Waals surface area contributed by atoms with Gasteiger partial charge in [-0.15, -0.1) is 0 Å². The zero-order chi connectivity index (χ0) is 23.1. The molecule has 0 spiro atoms. The van der Waals surface area contributed by atoms with Gasteiger partial charge in [-0.2, -0.15) is 18.3 Å². The third-order valence-corrected chi connectivity index (χ3v) is 6.50. The Bertz CT molecular complexity index is 1110. The summed E-state index contributed by atoms with van der Waals surface area (Å²) in [5.74, 6) is -0.825. The van der Waals surface area contributed by atoms with Crippen LogP contribution in [0.5, 0.6) is 0 Å². The number of nitrogens with one attached hydrogen (secondary N) is 3. The second-order valence-electron chi connectivity index (χ2n) is 7.61. The van der Waals surface area contributed by atoms with Gasteiger partial charge in [0.2, 0.25) is 0 Å². The highest BCUT2D eigenvalue weighted by atomic mass is 32.2. The van der Waals surface area contributed by atoms with Gasteiger partial charge in [0.05, 0.1) is 29.4 Å². The normalized spacial score (nSPS) is 19.2. The van der Waals surface area contributed by atoms with Crippen LogP contribution in [0.25, 0.3) is 0 Å². The van der Waals surface area contributed by atoms with Gasteiger partial charge in [-0.25, -0.2) is 13.1 Å². The van der Waals surface area contributed by atoms with Crippen molar-refractivity contribution in [3.05, 3.63) is 34.8 Å². The SMILES string of the molecule is CC(=O)CNC(=O)c1cc(S(=O)(=O)NC2CC(n3cc(C(F)(F)F)c(C)n3)C2)[nH]c1C. The lowest BCUT2D eigenvalue weighted by atomic mass is 9.88. The maximum absolute atomic E-state index is 12.9. The van der Waals surface area contributed by atoms with E-state index in [1.54, 1.807) is 0 Å². The lowest BCUT2D eigenvalue weighted by molar-refractivity contribution is -0.138. The van der Waals surface area contributed by atoms with Crippen molar-refractivity contribution >= 4 is 21.7 Å². The van der Waals surface area contributed by atoms with Crippen molar-refractivity contribution in [1.29, 1.82) is 0 Å². The Kier molecular flexibility index (Phi) is 6.02. The highest BCUT2D eigenvalue weighted by Crippen LogP contribution is 2.36. The molecule has 3 N–H and O–H groups in total. The van der Waals surface area contributed by atoms with Crippen molar-refractivity contribution in [3.8, 4) is 0 Å². The first-order chi connectivity index (χ1) is 14.3. The molecule has 170 valence electrons. The van der Waals surface area contributed by atoms with Crippen LogP contribution in [-0.4, -0.2) is 47.5 Å². The quantitative estimate of drug-likeness (QED) is 0.580. The number of carbonyl (C=O) groups excluding carboxylic acids is 2. The number of H-pyrrole nitrogens is 1. The van der Waals surface area contributed by atoms with E-state index in [1.165, 1.54) is 31.5 Å². The summed E-state index contributed by atoms with van der Waals surface area (Å²) >= 11 is 0. The molecule has 2 aromatic rings. The summed E-state index contributed by atoms with van der Waals surface area (Å²) in [5.41, 5.74) is -0.526. The number of hydrogen-bond acceptors (Lipinski definition) is 5. The van der Waals surface area contributed by atoms with Crippen LogP contribution >= 0.6 is 0 Å². The molecular formula is C18H22F3N5O4S. The minimum atomic E-state index is -4.49. The molecule has 0 bridgehead atoms. The van der Waals surface area contributed by atoms with Gasteiger partial charge in [0.1, 0.15) is 10.8 Å². The van der Waals surface area contributed by atoms with E-state index in [2.05, 4.69) is 20.1 Å². The van der Waals surface area contributed by atoms with Crippen molar-refractivity contribution < 1.29 is 31.2 Å². The van der Waals surface area contributed by atoms with Crippen molar-refractivity contribution in [2.75, 3.05) is 6.54 Å². The number of sulfonamides is 1. The maximum Gasteiger partial charge on any atom is 0.419 e. The number of carbonyl (C=O) groups is 2. The summed E-state index contributed by atoms with van der Waals surface area (Å²) in [5, 5.41) is 6.08. The predicted octanol–water partition coefficient (Wildman–Crippen LogP) is 1.85.